The maximum Gasteiger partial charge on any atom is 0.269 e. The van der Waals surface area contributed by atoms with E-state index in [-0.39, 0.29) is 17.2 Å². The zero-order valence-electron chi connectivity index (χ0n) is 16.7. The molecule has 9 heteroatoms. The first kappa shape index (κ1) is 22.2. The van der Waals surface area contributed by atoms with Crippen LogP contribution in [0.3, 0.4) is 0 Å². The summed E-state index contributed by atoms with van der Waals surface area (Å²) in [6, 6.07) is 18.8. The summed E-state index contributed by atoms with van der Waals surface area (Å²) in [6.07, 6.45) is 3.16. The van der Waals surface area contributed by atoms with E-state index in [9.17, 15) is 18.5 Å². The van der Waals surface area contributed by atoms with Crippen LogP contribution in [0, 0.1) is 10.1 Å². The average Bonchev–Trinajstić information content (AvgIpc) is 2.79. The third-order valence-corrected chi connectivity index (χ3v) is 6.83. The van der Waals surface area contributed by atoms with E-state index in [0.29, 0.717) is 5.02 Å². The Hall–Kier alpha value is -3.04. The molecule has 0 aliphatic heterocycles. The van der Waals surface area contributed by atoms with E-state index in [2.05, 4.69) is 4.72 Å². The Bertz CT molecular complexity index is 1260. The van der Waals surface area contributed by atoms with Crippen molar-refractivity contribution >= 4 is 33.4 Å². The minimum absolute atomic E-state index is 0.0633. The summed E-state index contributed by atoms with van der Waals surface area (Å²) in [5, 5.41) is 11.5. The molecule has 4 rings (SSSR count). The predicted octanol–water partition coefficient (Wildman–Crippen LogP) is 4.88. The molecule has 0 amide bonds. The molecule has 0 saturated heterocycles. The molecule has 0 bridgehead atoms. The van der Waals surface area contributed by atoms with Crippen molar-refractivity contribution in [1.29, 1.82) is 0 Å². The first-order chi connectivity index (χ1) is 15.3. The van der Waals surface area contributed by atoms with Crippen molar-refractivity contribution in [3.05, 3.63) is 111 Å². The van der Waals surface area contributed by atoms with Gasteiger partial charge in [-0.05, 0) is 41.0 Å². The number of nitro benzene ring substituents is 1. The molecule has 0 saturated carbocycles. The summed E-state index contributed by atoms with van der Waals surface area (Å²) >= 11 is 5.93. The lowest BCUT2D eigenvalue weighted by atomic mass is 9.91. The summed E-state index contributed by atoms with van der Waals surface area (Å²) in [4.78, 5) is 10.2. The molecule has 0 unspecified atom stereocenters. The van der Waals surface area contributed by atoms with Crippen LogP contribution in [0.5, 0.6) is 0 Å². The van der Waals surface area contributed by atoms with Crippen LogP contribution in [0.25, 0.3) is 6.08 Å². The zero-order valence-corrected chi connectivity index (χ0v) is 18.3. The molecule has 1 aliphatic rings. The Labute approximate surface area is 190 Å². The van der Waals surface area contributed by atoms with Gasteiger partial charge in [0.1, 0.15) is 0 Å². The van der Waals surface area contributed by atoms with Crippen molar-refractivity contribution in [3.63, 3.8) is 0 Å². The van der Waals surface area contributed by atoms with Gasteiger partial charge >= 0.3 is 0 Å². The van der Waals surface area contributed by atoms with Gasteiger partial charge < -0.3 is 4.74 Å². The van der Waals surface area contributed by atoms with Gasteiger partial charge in [-0.15, -0.1) is 0 Å². The lowest BCUT2D eigenvalue weighted by molar-refractivity contribution is -0.384. The van der Waals surface area contributed by atoms with Crippen LogP contribution < -0.4 is 4.72 Å². The second-order valence-electron chi connectivity index (χ2n) is 7.24. The molecule has 3 aromatic rings. The van der Waals surface area contributed by atoms with Crippen molar-refractivity contribution in [2.24, 2.45) is 0 Å². The van der Waals surface area contributed by atoms with Crippen LogP contribution in [-0.4, -0.2) is 19.4 Å². The Kier molecular flexibility index (Phi) is 6.38. The number of nitrogens with zero attached hydrogens (tertiary/aromatic N) is 1. The fourth-order valence-electron chi connectivity index (χ4n) is 3.47. The molecular formula is C23H19ClN2O5S. The molecule has 0 fully saturated rings. The number of nitrogens with one attached hydrogen (secondary N) is 1. The van der Waals surface area contributed by atoms with Crippen LogP contribution in [0.15, 0.2) is 83.8 Å². The largest absolute Gasteiger partial charge is 0.367 e. The van der Waals surface area contributed by atoms with Gasteiger partial charge in [-0.1, -0.05) is 60.2 Å². The van der Waals surface area contributed by atoms with Crippen molar-refractivity contribution in [1.82, 2.24) is 4.72 Å². The third kappa shape index (κ3) is 4.89. The van der Waals surface area contributed by atoms with Crippen LogP contribution in [0.1, 0.15) is 22.7 Å². The number of hydrogen-bond donors (Lipinski definition) is 1. The molecular weight excluding hydrogens is 452 g/mol. The fraction of sp³-hybridized carbons (Fsp3) is 0.130. The van der Waals surface area contributed by atoms with E-state index in [1.54, 1.807) is 12.1 Å². The molecule has 3 aromatic carbocycles. The smallest absolute Gasteiger partial charge is 0.269 e. The summed E-state index contributed by atoms with van der Waals surface area (Å²) in [6.45, 7) is 0.268. The van der Waals surface area contributed by atoms with Crippen LogP contribution in [-0.2, 0) is 21.4 Å². The minimum Gasteiger partial charge on any atom is -0.367 e. The second kappa shape index (κ2) is 9.22. The quantitative estimate of drug-likeness (QED) is 0.392. The molecule has 0 radical (unpaired) electrons. The van der Waals surface area contributed by atoms with Gasteiger partial charge in [0.05, 0.1) is 28.6 Å². The number of rotatable bonds is 7. The molecule has 0 heterocycles. The van der Waals surface area contributed by atoms with E-state index in [4.69, 9.17) is 16.3 Å². The van der Waals surface area contributed by atoms with Gasteiger partial charge in [0.15, 0.2) is 0 Å². The van der Waals surface area contributed by atoms with Gasteiger partial charge in [-0.3, -0.25) is 10.1 Å². The first-order valence-corrected chi connectivity index (χ1v) is 11.6. The van der Waals surface area contributed by atoms with Crippen LogP contribution in [0.2, 0.25) is 5.02 Å². The van der Waals surface area contributed by atoms with E-state index in [1.165, 1.54) is 12.1 Å². The summed E-state index contributed by atoms with van der Waals surface area (Å²) in [5.41, 5.74) is 2.38. The zero-order chi connectivity index (χ0) is 22.7. The number of hydrogen-bond acceptors (Lipinski definition) is 5. The monoisotopic (exact) mass is 470 g/mol. The highest BCUT2D eigenvalue weighted by Crippen LogP contribution is 2.32. The number of benzene rings is 3. The van der Waals surface area contributed by atoms with E-state index in [1.807, 2.05) is 48.6 Å². The number of nitro groups is 1. The highest BCUT2D eigenvalue weighted by molar-refractivity contribution is 7.89. The van der Waals surface area contributed by atoms with Crippen LogP contribution >= 0.6 is 11.6 Å². The van der Waals surface area contributed by atoms with Crippen molar-refractivity contribution < 1.29 is 18.1 Å². The highest BCUT2D eigenvalue weighted by Gasteiger charge is 2.31. The lowest BCUT2D eigenvalue weighted by Gasteiger charge is -2.30. The van der Waals surface area contributed by atoms with Crippen molar-refractivity contribution in [3.8, 4) is 0 Å². The third-order valence-electron chi connectivity index (χ3n) is 5.12. The number of sulfonamides is 1. The first-order valence-electron chi connectivity index (χ1n) is 9.73. The Morgan fingerprint density at radius 1 is 1.00 bits per heavy atom. The normalized spacial score (nSPS) is 17.7. The number of ether oxygens (including phenoxy) is 1. The average molecular weight is 471 g/mol. The predicted molar refractivity (Wildman–Crippen MR) is 122 cm³/mol. The molecule has 7 nitrogen and oxygen atoms in total. The SMILES string of the molecule is O=[N+]([O-])c1ccc(S(=O)(=O)N[C@@H]2c3ccccc3C=C[C@H]2OCc2ccc(Cl)cc2)cc1. The lowest BCUT2D eigenvalue weighted by Crippen LogP contribution is -2.38. The molecule has 164 valence electrons. The van der Waals surface area contributed by atoms with E-state index >= 15 is 0 Å². The Morgan fingerprint density at radius 2 is 1.69 bits per heavy atom. The maximum absolute atomic E-state index is 13.1. The van der Waals surface area contributed by atoms with Crippen LogP contribution in [0.4, 0.5) is 5.69 Å². The number of halogens is 1. The molecule has 1 N–H and O–H groups in total. The topological polar surface area (TPSA) is 98.5 Å². The van der Waals surface area contributed by atoms with Gasteiger partial charge in [0, 0.05) is 17.2 Å². The second-order valence-corrected chi connectivity index (χ2v) is 9.39. The Balaban J connectivity index is 1.60. The minimum atomic E-state index is -3.97. The summed E-state index contributed by atoms with van der Waals surface area (Å²) < 4.78 is 34.9. The van der Waals surface area contributed by atoms with Gasteiger partial charge in [0.25, 0.3) is 5.69 Å². The van der Waals surface area contributed by atoms with Crippen molar-refractivity contribution in [2.75, 3.05) is 0 Å². The summed E-state index contributed by atoms with van der Waals surface area (Å²) in [5.74, 6) is 0. The molecule has 1 aliphatic carbocycles. The maximum atomic E-state index is 13.1. The van der Waals surface area contributed by atoms with Gasteiger partial charge in [-0.2, -0.15) is 0 Å². The Morgan fingerprint density at radius 3 is 2.38 bits per heavy atom. The molecule has 0 spiro atoms. The van der Waals surface area contributed by atoms with E-state index < -0.39 is 27.1 Å². The van der Waals surface area contributed by atoms with Gasteiger partial charge in [-0.25, -0.2) is 13.1 Å². The molecule has 0 aromatic heterocycles. The fourth-order valence-corrected chi connectivity index (χ4v) is 4.82. The molecule has 2 atom stereocenters. The number of fused-ring (bicyclic) bond motifs is 1. The highest BCUT2D eigenvalue weighted by atomic mass is 35.5. The van der Waals surface area contributed by atoms with E-state index in [0.717, 1.165) is 28.8 Å². The van der Waals surface area contributed by atoms with Gasteiger partial charge in [0.2, 0.25) is 10.0 Å². The number of non-ortho nitro benzene ring substituents is 1. The van der Waals surface area contributed by atoms with Crippen molar-refractivity contribution in [2.45, 2.75) is 23.6 Å². The summed E-state index contributed by atoms with van der Waals surface area (Å²) in [7, 11) is -3.97. The molecule has 32 heavy (non-hydrogen) atoms. The standard InChI is InChI=1S/C23H19ClN2O5S/c24-18-8-5-16(6-9-18)15-31-22-14-7-17-3-1-2-4-21(17)23(22)25-32(29,30)20-12-10-19(11-13-20)26(27)28/h1-14,22-23,25H,15H2/t22-,23-/m1/s1.